The smallest absolute Gasteiger partial charge is 0.239 e. The molecule has 1 aliphatic heterocycles. The van der Waals surface area contributed by atoms with Gasteiger partial charge in [-0.15, -0.1) is 0 Å². The average Bonchev–Trinajstić information content (AvgIpc) is 2.98. The number of amides is 1. The van der Waals surface area contributed by atoms with Crippen molar-refractivity contribution in [2.75, 3.05) is 18.1 Å². The van der Waals surface area contributed by atoms with Crippen LogP contribution in [0, 0.1) is 12.8 Å². The van der Waals surface area contributed by atoms with Crippen LogP contribution >= 0.6 is 0 Å². The van der Waals surface area contributed by atoms with Gasteiger partial charge < -0.3 is 9.88 Å². The van der Waals surface area contributed by atoms with Crippen LogP contribution in [0.15, 0.2) is 30.5 Å². The summed E-state index contributed by atoms with van der Waals surface area (Å²) < 4.78 is 24.8. The minimum absolute atomic E-state index is 0.0529. The van der Waals surface area contributed by atoms with Gasteiger partial charge in [-0.05, 0) is 30.9 Å². The Kier molecular flexibility index (Phi) is 3.95. The topological polar surface area (TPSA) is 68.2 Å². The Hall–Kier alpha value is -1.82. The SMILES string of the molecule is Cc1cn(CC(=O)NC[C@@H]2CCS(=O)(=O)C2)c2ccccc12. The molecule has 2 aromatic rings. The highest BCUT2D eigenvalue weighted by molar-refractivity contribution is 7.91. The molecule has 118 valence electrons. The Morgan fingerprint density at radius 2 is 2.14 bits per heavy atom. The Morgan fingerprint density at radius 3 is 2.86 bits per heavy atom. The number of aryl methyl sites for hydroxylation is 1. The van der Waals surface area contributed by atoms with Gasteiger partial charge >= 0.3 is 0 Å². The van der Waals surface area contributed by atoms with Crippen LogP contribution in [-0.2, 0) is 21.2 Å². The Balaban J connectivity index is 1.62. The van der Waals surface area contributed by atoms with Gasteiger partial charge in [-0.3, -0.25) is 4.79 Å². The fourth-order valence-electron chi connectivity index (χ4n) is 3.06. The van der Waals surface area contributed by atoms with Crippen molar-refractivity contribution in [3.8, 4) is 0 Å². The lowest BCUT2D eigenvalue weighted by atomic mass is 10.1. The van der Waals surface area contributed by atoms with Crippen LogP contribution in [0.2, 0.25) is 0 Å². The van der Waals surface area contributed by atoms with Crippen LogP contribution in [0.1, 0.15) is 12.0 Å². The standard InChI is InChI=1S/C16H20N2O3S/c1-12-9-18(15-5-3-2-4-14(12)15)10-16(19)17-8-13-6-7-22(20,21)11-13/h2-5,9,13H,6-8,10-11H2,1H3,(H,17,19)/t13-/m0/s1. The molecule has 3 rings (SSSR count). The molecule has 1 N–H and O–H groups in total. The summed E-state index contributed by atoms with van der Waals surface area (Å²) in [4.78, 5) is 12.1. The number of fused-ring (bicyclic) bond motifs is 1. The summed E-state index contributed by atoms with van der Waals surface area (Å²) in [5, 5.41) is 4.01. The number of benzene rings is 1. The number of aromatic nitrogens is 1. The molecular weight excluding hydrogens is 300 g/mol. The second kappa shape index (κ2) is 5.76. The number of nitrogens with zero attached hydrogens (tertiary/aromatic N) is 1. The first-order valence-corrected chi connectivity index (χ1v) is 9.28. The highest BCUT2D eigenvalue weighted by Crippen LogP contribution is 2.20. The minimum Gasteiger partial charge on any atom is -0.354 e. The van der Waals surface area contributed by atoms with Crippen molar-refractivity contribution in [1.29, 1.82) is 0 Å². The molecule has 0 unspecified atom stereocenters. The second-order valence-electron chi connectivity index (χ2n) is 6.03. The lowest BCUT2D eigenvalue weighted by Gasteiger charge is -2.10. The van der Waals surface area contributed by atoms with Crippen molar-refractivity contribution in [2.45, 2.75) is 19.9 Å². The molecule has 0 aliphatic carbocycles. The molecule has 1 aliphatic rings. The van der Waals surface area contributed by atoms with Crippen LogP contribution in [0.3, 0.4) is 0 Å². The number of carbonyl (C=O) groups is 1. The third kappa shape index (κ3) is 3.16. The predicted octanol–water partition coefficient (Wildman–Crippen LogP) is 1.50. The molecule has 2 heterocycles. The zero-order chi connectivity index (χ0) is 15.7. The van der Waals surface area contributed by atoms with Gasteiger partial charge in [0.15, 0.2) is 9.84 Å². The quantitative estimate of drug-likeness (QED) is 0.928. The first-order valence-electron chi connectivity index (χ1n) is 7.46. The predicted molar refractivity (Wildman–Crippen MR) is 86.4 cm³/mol. The number of hydrogen-bond acceptors (Lipinski definition) is 3. The molecule has 1 fully saturated rings. The summed E-state index contributed by atoms with van der Waals surface area (Å²) >= 11 is 0. The van der Waals surface area contributed by atoms with Gasteiger partial charge in [0.05, 0.1) is 11.5 Å². The van der Waals surface area contributed by atoms with E-state index in [1.54, 1.807) is 0 Å². The first-order chi connectivity index (χ1) is 10.4. The van der Waals surface area contributed by atoms with Gasteiger partial charge in [0, 0.05) is 23.6 Å². The summed E-state index contributed by atoms with van der Waals surface area (Å²) in [6.07, 6.45) is 2.62. The minimum atomic E-state index is -2.88. The van der Waals surface area contributed by atoms with Crippen molar-refractivity contribution in [3.63, 3.8) is 0 Å². The molecule has 1 aromatic carbocycles. The highest BCUT2D eigenvalue weighted by atomic mass is 32.2. The maximum Gasteiger partial charge on any atom is 0.239 e. The summed E-state index contributed by atoms with van der Waals surface area (Å²) in [5.74, 6) is 0.413. The Labute approximate surface area is 130 Å². The Bertz CT molecular complexity index is 808. The number of nitrogens with one attached hydrogen (secondary N) is 1. The van der Waals surface area contributed by atoms with E-state index in [1.807, 2.05) is 42.0 Å². The van der Waals surface area contributed by atoms with Gasteiger partial charge in [-0.1, -0.05) is 18.2 Å². The summed E-state index contributed by atoms with van der Waals surface area (Å²) in [5.41, 5.74) is 2.18. The third-order valence-electron chi connectivity index (χ3n) is 4.22. The monoisotopic (exact) mass is 320 g/mol. The van der Waals surface area contributed by atoms with Crippen molar-refractivity contribution < 1.29 is 13.2 Å². The van der Waals surface area contributed by atoms with E-state index in [9.17, 15) is 13.2 Å². The van der Waals surface area contributed by atoms with Crippen molar-refractivity contribution in [3.05, 3.63) is 36.0 Å². The second-order valence-corrected chi connectivity index (χ2v) is 8.26. The molecule has 1 atom stereocenters. The van der Waals surface area contributed by atoms with Crippen LogP contribution in [0.4, 0.5) is 0 Å². The van der Waals surface area contributed by atoms with Crippen molar-refractivity contribution in [2.24, 2.45) is 5.92 Å². The Morgan fingerprint density at radius 1 is 1.36 bits per heavy atom. The van der Waals surface area contributed by atoms with Crippen LogP contribution in [0.5, 0.6) is 0 Å². The van der Waals surface area contributed by atoms with Crippen LogP contribution in [-0.4, -0.2) is 36.9 Å². The molecule has 1 aromatic heterocycles. The molecule has 22 heavy (non-hydrogen) atoms. The zero-order valence-electron chi connectivity index (χ0n) is 12.6. The van der Waals surface area contributed by atoms with Gasteiger partial charge in [0.1, 0.15) is 6.54 Å². The first kappa shape index (κ1) is 15.1. The number of hydrogen-bond donors (Lipinski definition) is 1. The largest absolute Gasteiger partial charge is 0.354 e. The normalized spacial score (nSPS) is 20.3. The molecule has 1 saturated heterocycles. The van der Waals surface area contributed by atoms with Crippen LogP contribution in [0.25, 0.3) is 10.9 Å². The summed E-state index contributed by atoms with van der Waals surface area (Å²) in [6.45, 7) is 2.73. The maximum absolute atomic E-state index is 12.1. The number of para-hydroxylation sites is 1. The van der Waals surface area contributed by atoms with Gasteiger partial charge in [0.25, 0.3) is 0 Å². The van der Waals surface area contributed by atoms with E-state index in [0.717, 1.165) is 16.5 Å². The van der Waals surface area contributed by atoms with E-state index in [1.165, 1.54) is 0 Å². The number of sulfone groups is 1. The number of carbonyl (C=O) groups excluding carboxylic acids is 1. The maximum atomic E-state index is 12.1. The van der Waals surface area contributed by atoms with Gasteiger partial charge in [0.2, 0.25) is 5.91 Å². The van der Waals surface area contributed by atoms with E-state index in [4.69, 9.17) is 0 Å². The molecule has 0 radical (unpaired) electrons. The van der Waals surface area contributed by atoms with Gasteiger partial charge in [-0.25, -0.2) is 8.42 Å². The lowest BCUT2D eigenvalue weighted by molar-refractivity contribution is -0.121. The molecule has 0 spiro atoms. The van der Waals surface area contributed by atoms with E-state index >= 15 is 0 Å². The number of rotatable bonds is 4. The van der Waals surface area contributed by atoms with Gasteiger partial charge in [-0.2, -0.15) is 0 Å². The third-order valence-corrected chi connectivity index (χ3v) is 6.05. The molecule has 1 amide bonds. The zero-order valence-corrected chi connectivity index (χ0v) is 13.4. The summed E-state index contributed by atoms with van der Waals surface area (Å²) in [6, 6.07) is 7.99. The molecule has 6 heteroatoms. The lowest BCUT2D eigenvalue weighted by Crippen LogP contribution is -2.32. The summed E-state index contributed by atoms with van der Waals surface area (Å²) in [7, 11) is -2.88. The fourth-order valence-corrected chi connectivity index (χ4v) is 4.92. The molecule has 5 nitrogen and oxygen atoms in total. The molecule has 0 bridgehead atoms. The molecular formula is C16H20N2O3S. The van der Waals surface area contributed by atoms with E-state index < -0.39 is 9.84 Å². The van der Waals surface area contributed by atoms with E-state index in [-0.39, 0.29) is 29.9 Å². The van der Waals surface area contributed by atoms with Crippen molar-refractivity contribution >= 4 is 26.6 Å². The molecule has 0 saturated carbocycles. The highest BCUT2D eigenvalue weighted by Gasteiger charge is 2.27. The average molecular weight is 320 g/mol. The van der Waals surface area contributed by atoms with Crippen LogP contribution < -0.4 is 5.32 Å². The van der Waals surface area contributed by atoms with E-state index in [0.29, 0.717) is 13.0 Å². The van der Waals surface area contributed by atoms with Crippen molar-refractivity contribution in [1.82, 2.24) is 9.88 Å². The van der Waals surface area contributed by atoms with E-state index in [2.05, 4.69) is 5.32 Å². The fraction of sp³-hybridized carbons (Fsp3) is 0.438.